The number of carbonyl (C=O) groups excluding carboxylic acids is 2. The molecule has 0 aromatic rings. The fourth-order valence-electron chi connectivity index (χ4n) is 2.12. The molecule has 9 heteroatoms. The molecular weight excluding hydrogens is 437 g/mol. The molecule has 0 saturated carbocycles. The van der Waals surface area contributed by atoms with Gasteiger partial charge in [0.15, 0.2) is 5.96 Å². The molecule has 0 aliphatic carbocycles. The van der Waals surface area contributed by atoms with Crippen LogP contribution in [0.25, 0.3) is 0 Å². The average Bonchev–Trinajstić information content (AvgIpc) is 2.97. The Morgan fingerprint density at radius 1 is 1.24 bits per heavy atom. The Balaban J connectivity index is 0.00000576. The third-order valence-electron chi connectivity index (χ3n) is 3.32. The van der Waals surface area contributed by atoms with Gasteiger partial charge in [0.05, 0.1) is 12.6 Å². The number of hydrogen-bond acceptors (Lipinski definition) is 4. The van der Waals surface area contributed by atoms with Crippen molar-refractivity contribution >= 4 is 41.8 Å². The molecule has 1 atom stereocenters. The van der Waals surface area contributed by atoms with Crippen molar-refractivity contribution in [1.82, 2.24) is 20.9 Å². The molecule has 3 N–H and O–H groups in total. The van der Waals surface area contributed by atoms with E-state index in [-0.39, 0.29) is 60.5 Å². The quantitative estimate of drug-likeness (QED) is 0.296. The van der Waals surface area contributed by atoms with Gasteiger partial charge in [-0.15, -0.1) is 24.0 Å². The van der Waals surface area contributed by atoms with Crippen LogP contribution in [-0.4, -0.2) is 74.7 Å². The molecule has 1 aliphatic rings. The molecule has 146 valence electrons. The van der Waals surface area contributed by atoms with Gasteiger partial charge in [-0.05, 0) is 33.6 Å². The Morgan fingerprint density at radius 3 is 2.44 bits per heavy atom. The van der Waals surface area contributed by atoms with E-state index in [4.69, 9.17) is 4.74 Å². The van der Waals surface area contributed by atoms with Gasteiger partial charge in [0.2, 0.25) is 11.8 Å². The van der Waals surface area contributed by atoms with Crippen molar-refractivity contribution in [2.45, 2.75) is 45.3 Å². The minimum Gasteiger partial charge on any atom is -0.376 e. The normalized spacial score (nSPS) is 17.5. The van der Waals surface area contributed by atoms with Crippen LogP contribution in [0, 0.1) is 0 Å². The molecule has 1 aliphatic heterocycles. The van der Waals surface area contributed by atoms with Crippen LogP contribution < -0.4 is 16.0 Å². The summed E-state index contributed by atoms with van der Waals surface area (Å²) in [4.78, 5) is 29.4. The number of rotatable bonds is 6. The van der Waals surface area contributed by atoms with Gasteiger partial charge in [-0.1, -0.05) is 0 Å². The predicted octanol–water partition coefficient (Wildman–Crippen LogP) is 0.322. The smallest absolute Gasteiger partial charge is 0.242 e. The Kier molecular flexibility index (Phi) is 11.0. The maximum Gasteiger partial charge on any atom is 0.242 e. The Labute approximate surface area is 167 Å². The first kappa shape index (κ1) is 23.9. The minimum absolute atomic E-state index is 0. The largest absolute Gasteiger partial charge is 0.376 e. The molecule has 25 heavy (non-hydrogen) atoms. The number of carbonyl (C=O) groups is 2. The van der Waals surface area contributed by atoms with Crippen LogP contribution in [0.3, 0.4) is 0 Å². The average molecular weight is 469 g/mol. The number of guanidine groups is 1. The van der Waals surface area contributed by atoms with Crippen molar-refractivity contribution in [2.75, 3.05) is 40.3 Å². The number of halogens is 1. The number of ether oxygens (including phenoxy) is 1. The van der Waals surface area contributed by atoms with Gasteiger partial charge in [-0.25, -0.2) is 4.99 Å². The zero-order chi connectivity index (χ0) is 18.2. The first-order chi connectivity index (χ1) is 11.2. The van der Waals surface area contributed by atoms with Crippen molar-refractivity contribution in [1.29, 1.82) is 0 Å². The predicted molar refractivity (Wildman–Crippen MR) is 109 cm³/mol. The van der Waals surface area contributed by atoms with E-state index >= 15 is 0 Å². The second-order valence-electron chi connectivity index (χ2n) is 7.12. The third-order valence-corrected chi connectivity index (χ3v) is 3.32. The number of aliphatic imine (C=N–C) groups is 1. The lowest BCUT2D eigenvalue weighted by Gasteiger charge is -2.20. The van der Waals surface area contributed by atoms with Crippen LogP contribution in [0.2, 0.25) is 0 Å². The van der Waals surface area contributed by atoms with Crippen molar-refractivity contribution in [3.63, 3.8) is 0 Å². The second-order valence-corrected chi connectivity index (χ2v) is 7.12. The summed E-state index contributed by atoms with van der Waals surface area (Å²) < 4.78 is 5.56. The lowest BCUT2D eigenvalue weighted by molar-refractivity contribution is -0.127. The zero-order valence-electron chi connectivity index (χ0n) is 15.8. The summed E-state index contributed by atoms with van der Waals surface area (Å²) in [6, 6.07) is 0. The SMILES string of the molecule is CN(C)C(=O)CNC(=NCC(=O)NC(C)(C)C)NCC1CCCO1.I. The minimum atomic E-state index is -0.299. The molecule has 1 fully saturated rings. The van der Waals surface area contributed by atoms with Crippen LogP contribution in [0.15, 0.2) is 4.99 Å². The molecule has 0 spiro atoms. The lowest BCUT2D eigenvalue weighted by Crippen LogP contribution is -2.46. The molecule has 1 heterocycles. The van der Waals surface area contributed by atoms with Crippen molar-refractivity contribution in [3.8, 4) is 0 Å². The molecule has 1 rings (SSSR count). The molecule has 2 amide bonds. The van der Waals surface area contributed by atoms with Crippen molar-refractivity contribution < 1.29 is 14.3 Å². The third kappa shape index (κ3) is 11.2. The van der Waals surface area contributed by atoms with Crippen LogP contribution >= 0.6 is 24.0 Å². The molecule has 1 saturated heterocycles. The van der Waals surface area contributed by atoms with E-state index < -0.39 is 0 Å². The number of hydrogen-bond donors (Lipinski definition) is 3. The van der Waals surface area contributed by atoms with Gasteiger partial charge in [0, 0.05) is 32.8 Å². The summed E-state index contributed by atoms with van der Waals surface area (Å²) in [5.74, 6) is 0.199. The van der Waals surface area contributed by atoms with Crippen molar-refractivity contribution in [3.05, 3.63) is 0 Å². The van der Waals surface area contributed by atoms with Gasteiger partial charge in [0.1, 0.15) is 6.54 Å². The van der Waals surface area contributed by atoms with E-state index in [1.54, 1.807) is 14.1 Å². The Hall–Kier alpha value is -1.10. The van der Waals surface area contributed by atoms with E-state index in [1.807, 2.05) is 20.8 Å². The highest BCUT2D eigenvalue weighted by Gasteiger charge is 2.17. The topological polar surface area (TPSA) is 95.1 Å². The van der Waals surface area contributed by atoms with Gasteiger partial charge in [-0.2, -0.15) is 0 Å². The first-order valence-corrected chi connectivity index (χ1v) is 8.32. The molecular formula is C16H32IN5O3. The molecule has 0 aromatic carbocycles. The van der Waals surface area contributed by atoms with Gasteiger partial charge >= 0.3 is 0 Å². The van der Waals surface area contributed by atoms with E-state index in [0.717, 1.165) is 19.4 Å². The summed E-state index contributed by atoms with van der Waals surface area (Å²) in [5.41, 5.74) is -0.299. The van der Waals surface area contributed by atoms with Crippen LogP contribution in [0.1, 0.15) is 33.6 Å². The molecule has 0 radical (unpaired) electrons. The standard InChI is InChI=1S/C16H31N5O3.HI/c1-16(2,3)20-13(22)10-18-15(19-11-14(23)21(4)5)17-9-12-7-6-8-24-12;/h12H,6-11H2,1-5H3,(H,20,22)(H2,17,18,19);1H. The molecule has 0 bridgehead atoms. The van der Waals surface area contributed by atoms with Crippen LogP contribution in [0.5, 0.6) is 0 Å². The van der Waals surface area contributed by atoms with Crippen molar-refractivity contribution in [2.24, 2.45) is 4.99 Å². The van der Waals surface area contributed by atoms with Gasteiger partial charge in [-0.3, -0.25) is 9.59 Å². The number of nitrogens with one attached hydrogen (secondary N) is 3. The maximum absolute atomic E-state index is 11.9. The number of nitrogens with zero attached hydrogens (tertiary/aromatic N) is 2. The van der Waals surface area contributed by atoms with E-state index in [1.165, 1.54) is 4.90 Å². The summed E-state index contributed by atoms with van der Waals surface area (Å²) in [5, 5.41) is 8.95. The van der Waals surface area contributed by atoms with E-state index in [2.05, 4.69) is 20.9 Å². The number of amides is 2. The highest BCUT2D eigenvalue weighted by atomic mass is 127. The summed E-state index contributed by atoms with van der Waals surface area (Å²) in [7, 11) is 3.38. The number of likely N-dealkylation sites (N-methyl/N-ethyl adjacent to an activating group) is 1. The lowest BCUT2D eigenvalue weighted by atomic mass is 10.1. The zero-order valence-corrected chi connectivity index (χ0v) is 18.2. The molecule has 1 unspecified atom stereocenters. The maximum atomic E-state index is 11.9. The first-order valence-electron chi connectivity index (χ1n) is 8.32. The van der Waals surface area contributed by atoms with Crippen LogP contribution in [-0.2, 0) is 14.3 Å². The van der Waals surface area contributed by atoms with E-state index in [0.29, 0.717) is 12.5 Å². The summed E-state index contributed by atoms with van der Waals surface area (Å²) in [6.07, 6.45) is 2.20. The second kappa shape index (κ2) is 11.5. The van der Waals surface area contributed by atoms with E-state index in [9.17, 15) is 9.59 Å². The summed E-state index contributed by atoms with van der Waals surface area (Å²) >= 11 is 0. The van der Waals surface area contributed by atoms with Gasteiger partial charge in [0.25, 0.3) is 0 Å². The highest BCUT2D eigenvalue weighted by Crippen LogP contribution is 2.10. The Morgan fingerprint density at radius 2 is 1.92 bits per heavy atom. The Bertz CT molecular complexity index is 457. The summed E-state index contributed by atoms with van der Waals surface area (Å²) in [6.45, 7) is 7.24. The molecule has 0 aromatic heterocycles. The monoisotopic (exact) mass is 469 g/mol. The fraction of sp³-hybridized carbons (Fsp3) is 0.812. The molecule has 8 nitrogen and oxygen atoms in total. The fourth-order valence-corrected chi connectivity index (χ4v) is 2.12. The van der Waals surface area contributed by atoms with Gasteiger partial charge < -0.3 is 25.6 Å². The highest BCUT2D eigenvalue weighted by molar-refractivity contribution is 14.0. The van der Waals surface area contributed by atoms with Crippen LogP contribution in [0.4, 0.5) is 0 Å².